The number of hydrogen-bond acceptors (Lipinski definition) is 5. The van der Waals surface area contributed by atoms with Crippen LogP contribution in [0.15, 0.2) is 29.1 Å². The molecule has 10 heteroatoms. The van der Waals surface area contributed by atoms with E-state index >= 15 is 0 Å². The fourth-order valence-corrected chi connectivity index (χ4v) is 2.85. The van der Waals surface area contributed by atoms with E-state index in [9.17, 15) is 9.59 Å². The second-order valence-electron chi connectivity index (χ2n) is 5.23. The molecule has 0 spiro atoms. The van der Waals surface area contributed by atoms with Gasteiger partial charge in [-0.3, -0.25) is 14.6 Å². The summed E-state index contributed by atoms with van der Waals surface area (Å²) >= 11 is 11.4. The van der Waals surface area contributed by atoms with Gasteiger partial charge in [0.15, 0.2) is 4.77 Å². The molecule has 1 aromatic carbocycles. The molecule has 0 aliphatic heterocycles. The van der Waals surface area contributed by atoms with Crippen molar-refractivity contribution in [3.8, 4) is 17.0 Å². The van der Waals surface area contributed by atoms with Gasteiger partial charge < -0.3 is 20.4 Å². The Morgan fingerprint density at radius 2 is 2.15 bits per heavy atom. The molecule has 0 fully saturated rings. The van der Waals surface area contributed by atoms with Crippen molar-refractivity contribution in [1.29, 1.82) is 0 Å². The molecule has 1 aromatic heterocycles. The van der Waals surface area contributed by atoms with Crippen LogP contribution >= 0.6 is 36.2 Å². The van der Waals surface area contributed by atoms with Gasteiger partial charge in [-0.15, -0.1) is 12.4 Å². The fourth-order valence-electron chi connectivity index (χ4n) is 2.38. The Balaban J connectivity index is 0.00000338. The van der Waals surface area contributed by atoms with Crippen molar-refractivity contribution in [3.63, 3.8) is 0 Å². The number of nitrogens with two attached hydrogens (primary N) is 1. The Bertz CT molecular complexity index is 883. The standard InChI is InChI=1S/C16H19ClN4O3S.ClH/c1-24-13-4-3-10(17)7-11(13)12-8-14(22)20-16(25)21(12)6-2-5-19-15(23)9-18;/h3-4,7-8H,2,5-6,9,18H2,1H3,(H,19,23)(H,20,22,25);1H. The number of benzene rings is 1. The summed E-state index contributed by atoms with van der Waals surface area (Å²) in [6, 6.07) is 6.60. The second kappa shape index (κ2) is 10.3. The molecule has 4 N–H and O–H groups in total. The summed E-state index contributed by atoms with van der Waals surface area (Å²) in [5, 5.41) is 3.21. The molecule has 0 aliphatic carbocycles. The van der Waals surface area contributed by atoms with Gasteiger partial charge in [-0.05, 0) is 36.8 Å². The van der Waals surface area contributed by atoms with Gasteiger partial charge in [0.2, 0.25) is 5.91 Å². The van der Waals surface area contributed by atoms with E-state index in [4.69, 9.17) is 34.3 Å². The van der Waals surface area contributed by atoms with Gasteiger partial charge in [-0.2, -0.15) is 0 Å². The zero-order valence-corrected chi connectivity index (χ0v) is 16.5. The molecule has 0 saturated heterocycles. The van der Waals surface area contributed by atoms with Crippen LogP contribution in [0.3, 0.4) is 0 Å². The van der Waals surface area contributed by atoms with Crippen LogP contribution in [0.5, 0.6) is 5.75 Å². The number of carbonyl (C=O) groups excluding carboxylic acids is 1. The van der Waals surface area contributed by atoms with E-state index in [0.29, 0.717) is 41.5 Å². The van der Waals surface area contributed by atoms with Crippen molar-refractivity contribution < 1.29 is 9.53 Å². The number of ether oxygens (including phenoxy) is 1. The maximum atomic E-state index is 11.9. The Hall–Kier alpha value is -1.87. The molecule has 0 bridgehead atoms. The molecular weight excluding hydrogens is 399 g/mol. The van der Waals surface area contributed by atoms with E-state index in [1.54, 1.807) is 29.9 Å². The third-order valence-corrected chi connectivity index (χ3v) is 4.09. The van der Waals surface area contributed by atoms with Crippen molar-refractivity contribution in [2.24, 2.45) is 5.73 Å². The molecule has 142 valence electrons. The highest BCUT2D eigenvalue weighted by Crippen LogP contribution is 2.32. The van der Waals surface area contributed by atoms with E-state index in [2.05, 4.69) is 10.3 Å². The molecule has 0 unspecified atom stereocenters. The van der Waals surface area contributed by atoms with E-state index < -0.39 is 0 Å². The predicted octanol–water partition coefficient (Wildman–Crippen LogP) is 2.12. The molecule has 0 aliphatic rings. The molecule has 0 saturated carbocycles. The number of H-pyrrole nitrogens is 1. The first-order valence-corrected chi connectivity index (χ1v) is 8.39. The van der Waals surface area contributed by atoms with Crippen molar-refractivity contribution >= 4 is 42.1 Å². The van der Waals surface area contributed by atoms with Gasteiger partial charge in [0, 0.05) is 29.7 Å². The normalized spacial score (nSPS) is 10.1. The highest BCUT2D eigenvalue weighted by Gasteiger charge is 2.12. The number of nitrogens with one attached hydrogen (secondary N) is 2. The number of aromatic amines is 1. The van der Waals surface area contributed by atoms with Crippen LogP contribution in [0.1, 0.15) is 6.42 Å². The summed E-state index contributed by atoms with van der Waals surface area (Å²) in [5.41, 5.74) is 6.20. The van der Waals surface area contributed by atoms with Gasteiger partial charge >= 0.3 is 0 Å². The second-order valence-corrected chi connectivity index (χ2v) is 6.05. The van der Waals surface area contributed by atoms with Gasteiger partial charge in [0.25, 0.3) is 5.56 Å². The van der Waals surface area contributed by atoms with Crippen molar-refractivity contribution in [2.45, 2.75) is 13.0 Å². The quantitative estimate of drug-likeness (QED) is 0.471. The molecule has 2 aromatic rings. The highest BCUT2D eigenvalue weighted by atomic mass is 35.5. The number of halogens is 2. The van der Waals surface area contributed by atoms with Crippen LogP contribution < -0.4 is 21.3 Å². The number of methoxy groups -OCH3 is 1. The molecule has 7 nitrogen and oxygen atoms in total. The lowest BCUT2D eigenvalue weighted by atomic mass is 10.1. The molecular formula is C16H20Cl2N4O3S. The predicted molar refractivity (Wildman–Crippen MR) is 107 cm³/mol. The lowest BCUT2D eigenvalue weighted by Crippen LogP contribution is -2.31. The van der Waals surface area contributed by atoms with E-state index in [0.717, 1.165) is 0 Å². The van der Waals surface area contributed by atoms with Gasteiger partial charge in [0.1, 0.15) is 5.75 Å². The molecule has 2 rings (SSSR count). The molecule has 0 atom stereocenters. The monoisotopic (exact) mass is 418 g/mol. The summed E-state index contributed by atoms with van der Waals surface area (Å²) in [6.07, 6.45) is 0.613. The number of rotatable bonds is 7. The van der Waals surface area contributed by atoms with Crippen molar-refractivity contribution in [3.05, 3.63) is 44.4 Å². The van der Waals surface area contributed by atoms with Gasteiger partial charge in [-0.1, -0.05) is 11.6 Å². The minimum absolute atomic E-state index is 0. The molecule has 1 heterocycles. The minimum atomic E-state index is -0.310. The van der Waals surface area contributed by atoms with Crippen molar-refractivity contribution in [1.82, 2.24) is 14.9 Å². The first kappa shape index (κ1) is 22.2. The third kappa shape index (κ3) is 5.57. The highest BCUT2D eigenvalue weighted by molar-refractivity contribution is 7.71. The average molecular weight is 419 g/mol. The largest absolute Gasteiger partial charge is 0.496 e. The van der Waals surface area contributed by atoms with Crippen LogP contribution in [0.2, 0.25) is 5.02 Å². The fraction of sp³-hybridized carbons (Fsp3) is 0.312. The Labute approximate surface area is 166 Å². The lowest BCUT2D eigenvalue weighted by molar-refractivity contribution is -0.119. The topological polar surface area (TPSA) is 102 Å². The minimum Gasteiger partial charge on any atom is -0.496 e. The molecule has 26 heavy (non-hydrogen) atoms. The van der Waals surface area contributed by atoms with Crippen LogP contribution in [0.4, 0.5) is 0 Å². The number of amides is 1. The average Bonchev–Trinajstić information content (AvgIpc) is 2.59. The summed E-state index contributed by atoms with van der Waals surface area (Å²) in [5.74, 6) is 0.358. The SMILES string of the molecule is COc1ccc(Cl)cc1-c1cc(=O)[nH]c(=S)n1CCCNC(=O)CN.Cl. The Kier molecular flexibility index (Phi) is 8.80. The summed E-state index contributed by atoms with van der Waals surface area (Å²) in [7, 11) is 1.54. The van der Waals surface area contributed by atoms with Crippen LogP contribution in [-0.4, -0.2) is 35.7 Å². The Morgan fingerprint density at radius 3 is 2.81 bits per heavy atom. The first-order chi connectivity index (χ1) is 12.0. The summed E-state index contributed by atoms with van der Waals surface area (Å²) in [6.45, 7) is 0.886. The van der Waals surface area contributed by atoms with Crippen LogP contribution in [0.25, 0.3) is 11.3 Å². The van der Waals surface area contributed by atoms with Gasteiger partial charge in [-0.25, -0.2) is 0 Å². The van der Waals surface area contributed by atoms with Gasteiger partial charge in [0.05, 0.1) is 19.3 Å². The zero-order valence-electron chi connectivity index (χ0n) is 14.1. The lowest BCUT2D eigenvalue weighted by Gasteiger charge is -2.16. The van der Waals surface area contributed by atoms with Crippen molar-refractivity contribution in [2.75, 3.05) is 20.2 Å². The first-order valence-electron chi connectivity index (χ1n) is 7.61. The third-order valence-electron chi connectivity index (χ3n) is 3.54. The number of aromatic nitrogens is 2. The summed E-state index contributed by atoms with van der Waals surface area (Å²) in [4.78, 5) is 25.7. The smallest absolute Gasteiger partial charge is 0.252 e. The number of carbonyl (C=O) groups is 1. The molecule has 0 radical (unpaired) electrons. The maximum Gasteiger partial charge on any atom is 0.252 e. The number of nitrogens with zero attached hydrogens (tertiary/aromatic N) is 1. The Morgan fingerprint density at radius 1 is 1.42 bits per heavy atom. The van der Waals surface area contributed by atoms with E-state index in [1.165, 1.54) is 6.07 Å². The molecule has 1 amide bonds. The zero-order chi connectivity index (χ0) is 18.4. The summed E-state index contributed by atoms with van der Waals surface area (Å²) < 4.78 is 7.44. The van der Waals surface area contributed by atoms with Crippen LogP contribution in [0, 0.1) is 4.77 Å². The van der Waals surface area contributed by atoms with E-state index in [-0.39, 0.29) is 35.2 Å². The van der Waals surface area contributed by atoms with E-state index in [1.807, 2.05) is 0 Å². The maximum absolute atomic E-state index is 11.9. The van der Waals surface area contributed by atoms with Crippen LogP contribution in [-0.2, 0) is 11.3 Å². The number of hydrogen-bond donors (Lipinski definition) is 3.